The fraction of sp³-hybridized carbons (Fsp3) is 0.333. The molecule has 0 saturated heterocycles. The van der Waals surface area contributed by atoms with Crippen molar-refractivity contribution in [2.45, 2.75) is 6.92 Å². The maximum Gasteiger partial charge on any atom is 0.181 e. The molecular weight excluding hydrogens is 118 g/mol. The molecule has 1 atom stereocenters. The summed E-state index contributed by atoms with van der Waals surface area (Å²) < 4.78 is 9.99. The van der Waals surface area contributed by atoms with Gasteiger partial charge in [-0.1, -0.05) is 17.8 Å². The minimum absolute atomic E-state index is 0.571. The summed E-state index contributed by atoms with van der Waals surface area (Å²) in [7, 11) is -1.92. The summed E-state index contributed by atoms with van der Waals surface area (Å²) in [6.07, 6.45) is 0. The molecule has 0 amide bonds. The lowest BCUT2D eigenvalue weighted by molar-refractivity contribution is 0.599. The van der Waals surface area contributed by atoms with Crippen LogP contribution in [0.3, 0.4) is 0 Å². The third-order valence-electron chi connectivity index (χ3n) is 0.336. The maximum absolute atomic E-state index is 9.99. The molecule has 3 heteroatoms. The Hall–Kier alpha value is 0.260. The summed E-state index contributed by atoms with van der Waals surface area (Å²) in [5.74, 6) is 0. The Morgan fingerprint density at radius 2 is 2.17 bits per heavy atom. The Morgan fingerprint density at radius 1 is 2.00 bits per heavy atom. The van der Waals surface area contributed by atoms with Gasteiger partial charge in [-0.15, -0.1) is 0 Å². The van der Waals surface area contributed by atoms with Crippen molar-refractivity contribution in [3.8, 4) is 0 Å². The lowest BCUT2D eigenvalue weighted by Crippen LogP contribution is -1.46. The molecule has 0 aromatic heterocycles. The van der Waals surface area contributed by atoms with E-state index in [2.05, 4.69) is 6.58 Å². The van der Waals surface area contributed by atoms with Crippen molar-refractivity contribution in [1.82, 2.24) is 0 Å². The lowest BCUT2D eigenvalue weighted by Gasteiger charge is -1.80. The fourth-order valence-electron chi connectivity index (χ4n) is 0. The van der Waals surface area contributed by atoms with Crippen LogP contribution in [0.5, 0.6) is 0 Å². The molecule has 1 unspecified atom stereocenters. The first-order valence-corrected chi connectivity index (χ1v) is 3.92. The van der Waals surface area contributed by atoms with Crippen LogP contribution in [0.2, 0.25) is 0 Å². The van der Waals surface area contributed by atoms with Gasteiger partial charge >= 0.3 is 0 Å². The Kier molecular flexibility index (Phi) is 2.54. The normalized spacial score (nSPS) is 13.7. The van der Waals surface area contributed by atoms with E-state index in [1.165, 1.54) is 0 Å². The largest absolute Gasteiger partial charge is 0.305 e. The molecule has 0 aromatic rings. The molecule has 6 heavy (non-hydrogen) atoms. The quantitative estimate of drug-likeness (QED) is 0.490. The minimum Gasteiger partial charge on any atom is -0.305 e. The van der Waals surface area contributed by atoms with Crippen molar-refractivity contribution in [1.29, 1.82) is 0 Å². The molecule has 0 aliphatic rings. The molecule has 0 spiro atoms. The van der Waals surface area contributed by atoms with E-state index in [4.69, 9.17) is 11.2 Å². The van der Waals surface area contributed by atoms with Crippen LogP contribution >= 0.6 is 18.4 Å². The first-order chi connectivity index (χ1) is 2.64. The zero-order valence-corrected chi connectivity index (χ0v) is 5.25. The molecule has 0 rings (SSSR count). The monoisotopic (exact) mass is 124 g/mol. The Bertz CT molecular complexity index is 76.8. The van der Waals surface area contributed by atoms with Crippen molar-refractivity contribution in [3.63, 3.8) is 0 Å². The number of rotatable bonds is 1. The molecule has 0 bridgehead atoms. The third-order valence-corrected chi connectivity index (χ3v) is 1.97. The van der Waals surface area contributed by atoms with Crippen LogP contribution < -0.4 is 0 Å². The van der Waals surface area contributed by atoms with E-state index in [9.17, 15) is 4.57 Å². The molecule has 0 aliphatic heterocycles. The number of hydrogen-bond acceptors (Lipinski definition) is 1. The summed E-state index contributed by atoms with van der Waals surface area (Å²) in [4.78, 5) is 0. The number of hydrogen-bond donors (Lipinski definition) is 0. The van der Waals surface area contributed by atoms with Crippen LogP contribution in [0.15, 0.2) is 11.9 Å². The summed E-state index contributed by atoms with van der Waals surface area (Å²) >= 11 is 5.06. The molecule has 0 N–H and O–H groups in total. The number of allylic oxidation sites excluding steroid dienone is 1. The third kappa shape index (κ3) is 2.49. The molecule has 0 radical (unpaired) electrons. The van der Waals surface area contributed by atoms with Gasteiger partial charge in [-0.05, 0) is 12.2 Å². The van der Waals surface area contributed by atoms with E-state index >= 15 is 0 Å². The van der Waals surface area contributed by atoms with Crippen molar-refractivity contribution < 1.29 is 4.57 Å². The van der Waals surface area contributed by atoms with Gasteiger partial charge in [-0.2, -0.15) is 0 Å². The summed E-state index contributed by atoms with van der Waals surface area (Å²) in [5, 5.41) is 0.571. The minimum atomic E-state index is -1.92. The second kappa shape index (κ2) is 2.44. The molecule has 0 saturated carbocycles. The molecule has 0 fully saturated rings. The van der Waals surface area contributed by atoms with Crippen LogP contribution in [-0.4, -0.2) is 0 Å². The van der Waals surface area contributed by atoms with E-state index < -0.39 is 7.15 Å². The van der Waals surface area contributed by atoms with Gasteiger partial charge < -0.3 is 4.57 Å². The van der Waals surface area contributed by atoms with Crippen molar-refractivity contribution in [3.05, 3.63) is 11.9 Å². The van der Waals surface area contributed by atoms with Crippen molar-refractivity contribution in [2.75, 3.05) is 0 Å². The number of halogens is 1. The fourth-order valence-corrected chi connectivity index (χ4v) is 0. The van der Waals surface area contributed by atoms with Crippen LogP contribution in [0.4, 0.5) is 0 Å². The highest BCUT2D eigenvalue weighted by Gasteiger charge is 1.86. The van der Waals surface area contributed by atoms with Crippen LogP contribution in [0.25, 0.3) is 0 Å². The molecule has 0 heterocycles. The topological polar surface area (TPSA) is 17.1 Å². The average molecular weight is 125 g/mol. The predicted molar refractivity (Wildman–Crippen MR) is 29.7 cm³/mol. The molecule has 1 nitrogen and oxygen atoms in total. The highest BCUT2D eigenvalue weighted by Crippen LogP contribution is 2.34. The van der Waals surface area contributed by atoms with E-state index in [1.807, 2.05) is 0 Å². The van der Waals surface area contributed by atoms with E-state index in [-0.39, 0.29) is 0 Å². The van der Waals surface area contributed by atoms with Crippen LogP contribution in [-0.2, 0) is 4.57 Å². The standard InChI is InChI=1S/C3H6ClOP/c1-3(2)6(4)5/h6H,1H2,2H3. The summed E-state index contributed by atoms with van der Waals surface area (Å²) in [6.45, 7) is 5.00. The van der Waals surface area contributed by atoms with E-state index in [1.54, 1.807) is 6.92 Å². The molecule has 36 valence electrons. The zero-order chi connectivity index (χ0) is 5.15. The van der Waals surface area contributed by atoms with E-state index in [0.29, 0.717) is 5.31 Å². The SMILES string of the molecule is C=C(C)[PH](=O)Cl. The van der Waals surface area contributed by atoms with Crippen LogP contribution in [0.1, 0.15) is 6.92 Å². The van der Waals surface area contributed by atoms with Gasteiger partial charge in [0.25, 0.3) is 0 Å². The Balaban J connectivity index is 3.57. The van der Waals surface area contributed by atoms with Gasteiger partial charge in [0.2, 0.25) is 0 Å². The van der Waals surface area contributed by atoms with E-state index in [0.717, 1.165) is 0 Å². The molecular formula is C3H6ClOP. The smallest absolute Gasteiger partial charge is 0.181 e. The summed E-state index contributed by atoms with van der Waals surface area (Å²) in [5.41, 5.74) is 0. The molecule has 0 aromatic carbocycles. The predicted octanol–water partition coefficient (Wildman–Crippen LogP) is 2.23. The van der Waals surface area contributed by atoms with Gasteiger partial charge in [0.15, 0.2) is 7.15 Å². The summed E-state index contributed by atoms with van der Waals surface area (Å²) in [6, 6.07) is 0. The van der Waals surface area contributed by atoms with Gasteiger partial charge in [0.05, 0.1) is 0 Å². The van der Waals surface area contributed by atoms with Crippen molar-refractivity contribution in [2.24, 2.45) is 0 Å². The highest BCUT2D eigenvalue weighted by atomic mass is 35.7. The first kappa shape index (κ1) is 6.26. The lowest BCUT2D eigenvalue weighted by atomic mass is 10.8. The Labute approximate surface area is 42.6 Å². The Morgan fingerprint density at radius 3 is 2.17 bits per heavy atom. The van der Waals surface area contributed by atoms with Gasteiger partial charge in [0, 0.05) is 0 Å². The highest BCUT2D eigenvalue weighted by molar-refractivity contribution is 7.77. The second-order valence-electron chi connectivity index (χ2n) is 1.05. The van der Waals surface area contributed by atoms with Crippen LogP contribution in [0, 0.1) is 0 Å². The molecule has 0 aliphatic carbocycles. The van der Waals surface area contributed by atoms with Crippen molar-refractivity contribution >= 4 is 18.4 Å². The van der Waals surface area contributed by atoms with Gasteiger partial charge in [-0.25, -0.2) is 0 Å². The van der Waals surface area contributed by atoms with Gasteiger partial charge in [-0.3, -0.25) is 0 Å². The maximum atomic E-state index is 9.99. The zero-order valence-electron chi connectivity index (χ0n) is 3.49. The first-order valence-electron chi connectivity index (χ1n) is 1.50. The average Bonchev–Trinajstić information content (AvgIpc) is 1.36. The van der Waals surface area contributed by atoms with Gasteiger partial charge in [0.1, 0.15) is 0 Å². The second-order valence-corrected chi connectivity index (χ2v) is 3.48.